The molecule has 0 N–H and O–H groups in total. The van der Waals surface area contributed by atoms with Gasteiger partial charge in [-0.2, -0.15) is 12.6 Å². The van der Waals surface area contributed by atoms with Gasteiger partial charge in [0.05, 0.1) is 15.8 Å². The number of rotatable bonds is 7. The minimum Gasteiger partial charge on any atom is -0.663 e. The standard InChI is InChI=1S/2C18H15P.C10H9N.Cu/c2*1-4-10-16(11-5-1)19(17-12-6-2-7-13-17)18-14-8-3-9-15-18;1-2-8-4-3-5-9-6-7-11-10(8)9;/h2*1-15H;3-7H,1-2H2;/q;;-2;+2/p+2. The van der Waals surface area contributed by atoms with Crippen LogP contribution in [0.1, 0.15) is 5.56 Å². The molecule has 0 saturated heterocycles. The van der Waals surface area contributed by atoms with E-state index in [1.54, 1.807) is 0 Å². The van der Waals surface area contributed by atoms with E-state index >= 15 is 0 Å². The second-order valence-corrected chi connectivity index (χ2v) is 16.5. The van der Waals surface area contributed by atoms with Crippen molar-refractivity contribution in [3.63, 3.8) is 0 Å². The van der Waals surface area contributed by atoms with Crippen molar-refractivity contribution in [3.8, 4) is 0 Å². The minimum atomic E-state index is -0.877. The predicted octanol–water partition coefficient (Wildman–Crippen LogP) is 8.53. The summed E-state index contributed by atoms with van der Waals surface area (Å²) in [4.78, 5) is 4.25. The molecule has 249 valence electrons. The Morgan fingerprint density at radius 1 is 0.360 bits per heavy atom. The van der Waals surface area contributed by atoms with Gasteiger partial charge in [0.15, 0.2) is 0 Å². The van der Waals surface area contributed by atoms with Crippen LogP contribution in [-0.4, -0.2) is 0 Å². The SMILES string of the molecule is [CH2-]Cc1cccc2cc[n-]c12.[Cu+2].c1ccc([PH+](c2ccccc2)c2ccccc2)cc1.c1ccc([PH+](c2ccccc2)c2ccccc2)cc1. The zero-order valence-electron chi connectivity index (χ0n) is 27.9. The van der Waals surface area contributed by atoms with E-state index in [0.29, 0.717) is 0 Å². The van der Waals surface area contributed by atoms with Crippen LogP contribution in [0.5, 0.6) is 0 Å². The molecule has 0 atom stereocenters. The van der Waals surface area contributed by atoms with Gasteiger partial charge in [-0.25, -0.2) is 0 Å². The minimum absolute atomic E-state index is 0. The number of aromatic nitrogens is 1. The van der Waals surface area contributed by atoms with Crippen LogP contribution in [0.4, 0.5) is 0 Å². The molecule has 1 heterocycles. The molecule has 0 aliphatic heterocycles. The first kappa shape index (κ1) is 36.7. The van der Waals surface area contributed by atoms with Crippen LogP contribution in [0.15, 0.2) is 212 Å². The zero-order valence-corrected chi connectivity index (χ0v) is 30.8. The van der Waals surface area contributed by atoms with Gasteiger partial charge in [0.2, 0.25) is 0 Å². The Bertz CT molecular complexity index is 1780. The number of benzene rings is 7. The molecule has 7 aromatic carbocycles. The molecule has 0 aliphatic carbocycles. The number of hydrogen-bond donors (Lipinski definition) is 0. The van der Waals surface area contributed by atoms with Gasteiger partial charge in [-0.1, -0.05) is 139 Å². The van der Waals surface area contributed by atoms with Crippen molar-refractivity contribution in [3.05, 3.63) is 225 Å². The van der Waals surface area contributed by atoms with Crippen molar-refractivity contribution in [2.75, 3.05) is 0 Å². The predicted molar refractivity (Wildman–Crippen MR) is 219 cm³/mol. The second-order valence-electron chi connectivity index (χ2n) is 11.5. The zero-order chi connectivity index (χ0) is 33.5. The summed E-state index contributed by atoms with van der Waals surface area (Å²) >= 11 is 0. The van der Waals surface area contributed by atoms with Gasteiger partial charge in [0, 0.05) is 0 Å². The van der Waals surface area contributed by atoms with Crippen molar-refractivity contribution in [1.82, 2.24) is 4.98 Å². The molecule has 8 rings (SSSR count). The number of hydrogen-bond acceptors (Lipinski definition) is 0. The van der Waals surface area contributed by atoms with Gasteiger partial charge < -0.3 is 11.9 Å². The van der Waals surface area contributed by atoms with Crippen molar-refractivity contribution >= 4 is 58.6 Å². The first-order chi connectivity index (χ1) is 24.3. The Labute approximate surface area is 310 Å². The smallest absolute Gasteiger partial charge is 0.663 e. The molecular weight excluding hydrogens is 692 g/mol. The normalized spacial score (nSPS) is 10.4. The molecule has 4 heteroatoms. The Morgan fingerprint density at radius 3 is 0.940 bits per heavy atom. The van der Waals surface area contributed by atoms with Crippen molar-refractivity contribution < 1.29 is 17.1 Å². The van der Waals surface area contributed by atoms with E-state index in [1.807, 2.05) is 18.3 Å². The third-order valence-electron chi connectivity index (χ3n) is 8.25. The van der Waals surface area contributed by atoms with Gasteiger partial charge in [-0.05, 0) is 78.2 Å². The van der Waals surface area contributed by atoms with Gasteiger partial charge in [0.1, 0.15) is 31.8 Å². The number of nitrogens with zero attached hydrogens (tertiary/aromatic N) is 1. The Hall–Kier alpha value is -4.54. The largest absolute Gasteiger partial charge is 2.00 e. The molecule has 0 amide bonds. The van der Waals surface area contributed by atoms with Crippen LogP contribution in [0.25, 0.3) is 10.9 Å². The molecule has 1 radical (unpaired) electrons. The summed E-state index contributed by atoms with van der Waals surface area (Å²) < 4.78 is 0. The monoisotopic (exact) mass is 732 g/mol. The maximum atomic E-state index is 4.25. The molecule has 0 spiro atoms. The van der Waals surface area contributed by atoms with Crippen LogP contribution in [-0.2, 0) is 23.5 Å². The molecular formula is C46H41CuNP2+2. The van der Waals surface area contributed by atoms with E-state index in [-0.39, 0.29) is 17.1 Å². The van der Waals surface area contributed by atoms with Gasteiger partial charge in [0.25, 0.3) is 0 Å². The molecule has 8 aromatic rings. The second kappa shape index (κ2) is 19.6. The Kier molecular flexibility index (Phi) is 14.4. The fourth-order valence-corrected chi connectivity index (χ4v) is 11.1. The molecule has 1 nitrogen and oxygen atoms in total. The Balaban J connectivity index is 0.000000150. The summed E-state index contributed by atoms with van der Waals surface area (Å²) in [6, 6.07) is 73.2. The van der Waals surface area contributed by atoms with Crippen LogP contribution in [0, 0.1) is 6.92 Å². The molecule has 0 bridgehead atoms. The summed E-state index contributed by atoms with van der Waals surface area (Å²) in [5.74, 6) is 0. The molecule has 0 saturated carbocycles. The number of fused-ring (bicyclic) bond motifs is 1. The van der Waals surface area contributed by atoms with Crippen molar-refractivity contribution in [1.29, 1.82) is 0 Å². The van der Waals surface area contributed by atoms with Crippen LogP contribution < -0.4 is 36.8 Å². The van der Waals surface area contributed by atoms with E-state index in [1.165, 1.54) is 42.8 Å². The molecule has 0 fully saturated rings. The summed E-state index contributed by atoms with van der Waals surface area (Å²) in [6.07, 6.45) is 2.65. The third kappa shape index (κ3) is 9.79. The van der Waals surface area contributed by atoms with Crippen LogP contribution in [0.3, 0.4) is 0 Å². The summed E-state index contributed by atoms with van der Waals surface area (Å²) in [6.45, 7) is 3.85. The molecule has 0 unspecified atom stereocenters. The van der Waals surface area contributed by atoms with Crippen LogP contribution in [0.2, 0.25) is 0 Å². The molecule has 1 aromatic heterocycles. The Morgan fingerprint density at radius 2 is 0.660 bits per heavy atom. The summed E-state index contributed by atoms with van der Waals surface area (Å²) in [5.41, 5.74) is 2.33. The van der Waals surface area contributed by atoms with E-state index < -0.39 is 15.8 Å². The fraction of sp³-hybridized carbons (Fsp3) is 0.0217. The van der Waals surface area contributed by atoms with Gasteiger partial charge in [-0.3, -0.25) is 0 Å². The quantitative estimate of drug-likeness (QED) is 0.0911. The molecule has 50 heavy (non-hydrogen) atoms. The van der Waals surface area contributed by atoms with E-state index in [9.17, 15) is 0 Å². The average Bonchev–Trinajstić information content (AvgIpc) is 3.68. The van der Waals surface area contributed by atoms with E-state index in [4.69, 9.17) is 0 Å². The fourth-order valence-electron chi connectivity index (χ4n) is 5.93. The van der Waals surface area contributed by atoms with E-state index in [0.717, 1.165) is 11.9 Å². The van der Waals surface area contributed by atoms with E-state index in [2.05, 4.69) is 206 Å². The maximum absolute atomic E-state index is 4.25. The summed E-state index contributed by atoms with van der Waals surface area (Å²) in [7, 11) is -1.75. The summed E-state index contributed by atoms with van der Waals surface area (Å²) in [5, 5.41) is 9.82. The van der Waals surface area contributed by atoms with Crippen molar-refractivity contribution in [2.45, 2.75) is 6.42 Å². The maximum Gasteiger partial charge on any atom is 2.00 e. The third-order valence-corrected chi connectivity index (χ3v) is 13.7. The van der Waals surface area contributed by atoms with Crippen molar-refractivity contribution in [2.24, 2.45) is 0 Å². The molecule has 0 aliphatic rings. The first-order valence-electron chi connectivity index (χ1n) is 16.7. The van der Waals surface area contributed by atoms with Gasteiger partial charge >= 0.3 is 17.1 Å². The topological polar surface area (TPSA) is 14.1 Å². The average molecular weight is 733 g/mol. The first-order valence-corrected chi connectivity index (χ1v) is 19.7. The number of para-hydroxylation sites is 1. The van der Waals surface area contributed by atoms with Crippen LogP contribution >= 0.6 is 15.8 Å². The van der Waals surface area contributed by atoms with Gasteiger partial charge in [-0.15, -0.1) is 5.52 Å².